The van der Waals surface area contributed by atoms with E-state index >= 15 is 0 Å². The highest BCUT2D eigenvalue weighted by Gasteiger charge is 2.15. The second-order valence-electron chi connectivity index (χ2n) is 7.92. The van der Waals surface area contributed by atoms with Crippen molar-refractivity contribution in [1.29, 1.82) is 0 Å². The zero-order valence-electron chi connectivity index (χ0n) is 18.6. The van der Waals surface area contributed by atoms with E-state index in [1.165, 1.54) is 22.0 Å². The lowest BCUT2D eigenvalue weighted by Crippen LogP contribution is -2.16. The lowest BCUT2D eigenvalue weighted by molar-refractivity contribution is 0.287. The maximum absolute atomic E-state index is 6.20. The minimum Gasteiger partial charge on any atom is -0.485 e. The summed E-state index contributed by atoms with van der Waals surface area (Å²) in [5.74, 6) is 9.44. The minimum absolute atomic E-state index is 0.229. The Labute approximate surface area is 191 Å². The maximum atomic E-state index is 6.20. The van der Waals surface area contributed by atoms with Crippen LogP contribution < -0.4 is 10.6 Å². The van der Waals surface area contributed by atoms with E-state index in [1.807, 2.05) is 44.2 Å². The second kappa shape index (κ2) is 9.44. The first-order chi connectivity index (χ1) is 15.4. The molecule has 0 aliphatic heterocycles. The summed E-state index contributed by atoms with van der Waals surface area (Å²) >= 11 is 1.39. The number of benzene rings is 2. The van der Waals surface area contributed by atoms with Crippen LogP contribution in [0.4, 0.5) is 0 Å². The van der Waals surface area contributed by atoms with Crippen LogP contribution in [0.2, 0.25) is 0 Å². The highest BCUT2D eigenvalue weighted by molar-refractivity contribution is 7.98. The van der Waals surface area contributed by atoms with Crippen molar-refractivity contribution < 1.29 is 9.26 Å². The van der Waals surface area contributed by atoms with Gasteiger partial charge in [0.05, 0.1) is 5.75 Å². The standard InChI is InChI=1S/C23H26N6O2S/c1-14(2)18-10-7-16(4)11-19(18)30-12-21-26-27-23(29(21)24)32-13-20-25-22(31-28-20)17-8-5-15(3)6-9-17/h5-11,14H,12-13,24H2,1-4H3. The Morgan fingerprint density at radius 3 is 2.56 bits per heavy atom. The van der Waals surface area contributed by atoms with Gasteiger partial charge < -0.3 is 15.1 Å². The van der Waals surface area contributed by atoms with Crippen molar-refractivity contribution in [2.24, 2.45) is 0 Å². The molecule has 0 aliphatic carbocycles. The van der Waals surface area contributed by atoms with Gasteiger partial charge in [0.2, 0.25) is 5.16 Å². The van der Waals surface area contributed by atoms with Crippen LogP contribution in [0, 0.1) is 13.8 Å². The molecule has 0 amide bonds. The first kappa shape index (κ1) is 21.9. The van der Waals surface area contributed by atoms with Crippen molar-refractivity contribution in [2.75, 3.05) is 5.84 Å². The van der Waals surface area contributed by atoms with E-state index in [9.17, 15) is 0 Å². The number of rotatable bonds is 8. The largest absolute Gasteiger partial charge is 0.485 e. The summed E-state index contributed by atoms with van der Waals surface area (Å²) in [5, 5.41) is 13.0. The van der Waals surface area contributed by atoms with Crippen LogP contribution in [0.25, 0.3) is 11.5 Å². The van der Waals surface area contributed by atoms with Crippen LogP contribution in [-0.2, 0) is 12.4 Å². The van der Waals surface area contributed by atoms with E-state index in [0.29, 0.717) is 34.4 Å². The molecule has 32 heavy (non-hydrogen) atoms. The van der Waals surface area contributed by atoms with E-state index < -0.39 is 0 Å². The molecule has 0 saturated carbocycles. The molecular weight excluding hydrogens is 424 g/mol. The predicted molar refractivity (Wildman–Crippen MR) is 124 cm³/mol. The maximum Gasteiger partial charge on any atom is 0.257 e. The van der Waals surface area contributed by atoms with Gasteiger partial charge in [-0.3, -0.25) is 0 Å². The molecule has 0 unspecified atom stereocenters. The van der Waals surface area contributed by atoms with Crippen molar-refractivity contribution in [3.63, 3.8) is 0 Å². The minimum atomic E-state index is 0.229. The molecular formula is C23H26N6O2S. The highest BCUT2D eigenvalue weighted by Crippen LogP contribution is 2.28. The van der Waals surface area contributed by atoms with Gasteiger partial charge in [-0.2, -0.15) is 4.98 Å². The zero-order valence-corrected chi connectivity index (χ0v) is 19.4. The Morgan fingerprint density at radius 2 is 1.81 bits per heavy atom. The molecule has 0 spiro atoms. The number of aryl methyl sites for hydroxylation is 2. The third kappa shape index (κ3) is 4.94. The number of hydrogen-bond donors (Lipinski definition) is 1. The zero-order chi connectivity index (χ0) is 22.7. The molecule has 0 fully saturated rings. The first-order valence-corrected chi connectivity index (χ1v) is 11.3. The fourth-order valence-electron chi connectivity index (χ4n) is 3.15. The van der Waals surface area contributed by atoms with Crippen molar-refractivity contribution >= 4 is 11.8 Å². The molecule has 0 aliphatic rings. The van der Waals surface area contributed by atoms with Gasteiger partial charge in [0.25, 0.3) is 5.89 Å². The molecule has 8 nitrogen and oxygen atoms in total. The number of nitrogens with zero attached hydrogens (tertiary/aromatic N) is 5. The van der Waals surface area contributed by atoms with Gasteiger partial charge in [0.15, 0.2) is 11.6 Å². The summed E-state index contributed by atoms with van der Waals surface area (Å²) in [6.45, 7) is 8.58. The Balaban J connectivity index is 1.39. The molecule has 0 bridgehead atoms. The van der Waals surface area contributed by atoms with E-state index in [0.717, 1.165) is 22.4 Å². The van der Waals surface area contributed by atoms with E-state index in [2.05, 4.69) is 46.3 Å². The highest BCUT2D eigenvalue weighted by atomic mass is 32.2. The number of hydrogen-bond acceptors (Lipinski definition) is 8. The number of ether oxygens (including phenoxy) is 1. The average molecular weight is 451 g/mol. The fraction of sp³-hybridized carbons (Fsp3) is 0.304. The lowest BCUT2D eigenvalue weighted by atomic mass is 10.0. The van der Waals surface area contributed by atoms with Crippen molar-refractivity contribution in [3.05, 3.63) is 70.8 Å². The van der Waals surface area contributed by atoms with Crippen LogP contribution in [0.3, 0.4) is 0 Å². The van der Waals surface area contributed by atoms with E-state index in [-0.39, 0.29) is 6.61 Å². The third-order valence-electron chi connectivity index (χ3n) is 4.98. The fourth-order valence-corrected chi connectivity index (χ4v) is 3.86. The monoisotopic (exact) mass is 450 g/mol. The molecule has 0 radical (unpaired) electrons. The summed E-state index contributed by atoms with van der Waals surface area (Å²) in [5.41, 5.74) is 4.35. The molecule has 4 aromatic rings. The number of nitrogen functional groups attached to an aromatic ring is 1. The van der Waals surface area contributed by atoms with Crippen molar-refractivity contribution in [2.45, 2.75) is 51.1 Å². The summed E-state index contributed by atoms with van der Waals surface area (Å²) in [7, 11) is 0. The van der Waals surface area contributed by atoms with Crippen LogP contribution in [0.5, 0.6) is 5.75 Å². The number of thioether (sulfide) groups is 1. The van der Waals surface area contributed by atoms with Crippen molar-refractivity contribution in [3.8, 4) is 17.2 Å². The Hall–Kier alpha value is -3.33. The van der Waals surface area contributed by atoms with E-state index in [4.69, 9.17) is 15.1 Å². The Bertz CT molecular complexity index is 1200. The van der Waals surface area contributed by atoms with Gasteiger partial charge in [-0.15, -0.1) is 10.2 Å². The van der Waals surface area contributed by atoms with Gasteiger partial charge in [-0.25, -0.2) is 4.68 Å². The number of nitrogens with two attached hydrogens (primary N) is 1. The predicted octanol–water partition coefficient (Wildman–Crippen LogP) is 4.65. The van der Waals surface area contributed by atoms with Crippen molar-refractivity contribution in [1.82, 2.24) is 25.0 Å². The Morgan fingerprint density at radius 1 is 1.06 bits per heavy atom. The van der Waals surface area contributed by atoms with Gasteiger partial charge in [0.1, 0.15) is 12.4 Å². The molecule has 2 N–H and O–H groups in total. The SMILES string of the molecule is Cc1ccc(-c2nc(CSc3nnc(COc4cc(C)ccc4C(C)C)n3N)no2)cc1. The third-order valence-corrected chi connectivity index (χ3v) is 5.92. The molecule has 2 aromatic carbocycles. The molecule has 4 rings (SSSR count). The van der Waals surface area contributed by atoms with Gasteiger partial charge in [0, 0.05) is 5.56 Å². The molecule has 2 aromatic heterocycles. The van der Waals surface area contributed by atoms with Crippen LogP contribution in [0.1, 0.15) is 48.1 Å². The van der Waals surface area contributed by atoms with Crippen LogP contribution in [0.15, 0.2) is 52.1 Å². The molecule has 0 saturated heterocycles. The summed E-state index contributed by atoms with van der Waals surface area (Å²) < 4.78 is 12.8. The van der Waals surface area contributed by atoms with Crippen LogP contribution in [-0.4, -0.2) is 25.0 Å². The summed E-state index contributed by atoms with van der Waals surface area (Å²) in [6, 6.07) is 14.2. The normalized spacial score (nSPS) is 11.3. The first-order valence-electron chi connectivity index (χ1n) is 10.4. The summed E-state index contributed by atoms with van der Waals surface area (Å²) in [4.78, 5) is 4.45. The smallest absolute Gasteiger partial charge is 0.257 e. The van der Waals surface area contributed by atoms with E-state index in [1.54, 1.807) is 0 Å². The average Bonchev–Trinajstić information content (AvgIpc) is 3.38. The Kier molecular flexibility index (Phi) is 6.45. The topological polar surface area (TPSA) is 105 Å². The lowest BCUT2D eigenvalue weighted by Gasteiger charge is -2.14. The molecule has 9 heteroatoms. The molecule has 166 valence electrons. The van der Waals surface area contributed by atoms with Crippen LogP contribution >= 0.6 is 11.8 Å². The quantitative estimate of drug-likeness (QED) is 0.305. The number of aromatic nitrogens is 5. The molecule has 2 heterocycles. The second-order valence-corrected chi connectivity index (χ2v) is 8.87. The molecule has 0 atom stereocenters. The van der Waals surface area contributed by atoms with Gasteiger partial charge in [-0.1, -0.05) is 60.6 Å². The summed E-state index contributed by atoms with van der Waals surface area (Å²) in [6.07, 6.45) is 0. The van der Waals surface area contributed by atoms with Gasteiger partial charge in [-0.05, 0) is 49.1 Å². The van der Waals surface area contributed by atoms with Gasteiger partial charge >= 0.3 is 0 Å².